The summed E-state index contributed by atoms with van der Waals surface area (Å²) in [5, 5.41) is 3.63. The quantitative estimate of drug-likeness (QED) is 0.773. The highest BCUT2D eigenvalue weighted by Crippen LogP contribution is 2.24. The van der Waals surface area contributed by atoms with Crippen molar-refractivity contribution in [2.75, 3.05) is 13.2 Å². The summed E-state index contributed by atoms with van der Waals surface area (Å²) in [6.45, 7) is 7.52. The van der Waals surface area contributed by atoms with E-state index in [-0.39, 0.29) is 11.3 Å². The maximum Gasteiger partial charge on any atom is 0.223 e. The highest BCUT2D eigenvalue weighted by Gasteiger charge is 2.13. The van der Waals surface area contributed by atoms with Gasteiger partial charge in [-0.15, -0.1) is 0 Å². The first-order valence-corrected chi connectivity index (χ1v) is 8.97. The van der Waals surface area contributed by atoms with Gasteiger partial charge in [-0.05, 0) is 47.2 Å². The Kier molecular flexibility index (Phi) is 6.89. The average molecular weight is 360 g/mol. The van der Waals surface area contributed by atoms with E-state index in [0.29, 0.717) is 19.6 Å². The normalized spacial score (nSPS) is 11.2. The molecule has 0 aromatic heterocycles. The number of rotatable bonds is 7. The van der Waals surface area contributed by atoms with Crippen LogP contribution in [0.15, 0.2) is 48.5 Å². The van der Waals surface area contributed by atoms with E-state index in [0.717, 1.165) is 22.8 Å². The molecule has 0 heterocycles. The summed E-state index contributed by atoms with van der Waals surface area (Å²) in [6.07, 6.45) is 1.14. The smallest absolute Gasteiger partial charge is 0.223 e. The molecule has 0 aliphatic rings. The molecule has 0 spiro atoms. The Hall–Kier alpha value is -2.00. The van der Waals surface area contributed by atoms with Gasteiger partial charge < -0.3 is 10.1 Å². The molecule has 2 rings (SSSR count). The van der Waals surface area contributed by atoms with Gasteiger partial charge in [-0.25, -0.2) is 0 Å². The van der Waals surface area contributed by atoms with Crippen molar-refractivity contribution in [3.05, 3.63) is 64.7 Å². The highest BCUT2D eigenvalue weighted by atomic mass is 35.5. The molecular formula is C21H26ClNO2. The van der Waals surface area contributed by atoms with Crippen LogP contribution < -0.4 is 10.1 Å². The van der Waals surface area contributed by atoms with Crippen LogP contribution >= 0.6 is 11.6 Å². The predicted molar refractivity (Wildman–Crippen MR) is 103 cm³/mol. The second-order valence-electron chi connectivity index (χ2n) is 7.10. The molecule has 1 amide bonds. The van der Waals surface area contributed by atoms with Gasteiger partial charge in [0.2, 0.25) is 5.91 Å². The lowest BCUT2D eigenvalue weighted by molar-refractivity contribution is -0.121. The third-order valence-corrected chi connectivity index (χ3v) is 4.22. The molecule has 0 saturated heterocycles. The monoisotopic (exact) mass is 359 g/mol. The van der Waals surface area contributed by atoms with Crippen LogP contribution in [0.5, 0.6) is 5.75 Å². The van der Waals surface area contributed by atoms with Crippen molar-refractivity contribution in [1.82, 2.24) is 5.32 Å². The highest BCUT2D eigenvalue weighted by molar-refractivity contribution is 6.30. The Labute approximate surface area is 155 Å². The molecule has 134 valence electrons. The molecule has 0 atom stereocenters. The second-order valence-corrected chi connectivity index (χ2v) is 7.54. The van der Waals surface area contributed by atoms with Gasteiger partial charge in [0.1, 0.15) is 5.75 Å². The van der Waals surface area contributed by atoms with Crippen molar-refractivity contribution < 1.29 is 9.53 Å². The van der Waals surface area contributed by atoms with Crippen LogP contribution in [0.3, 0.4) is 0 Å². The summed E-state index contributed by atoms with van der Waals surface area (Å²) in [4.78, 5) is 11.9. The predicted octanol–water partition coefficient (Wildman–Crippen LogP) is 4.77. The molecule has 0 fully saturated rings. The Bertz CT molecular complexity index is 673. The lowest BCUT2D eigenvalue weighted by Crippen LogP contribution is -2.27. The largest absolute Gasteiger partial charge is 0.493 e. The molecule has 2 aromatic carbocycles. The lowest BCUT2D eigenvalue weighted by Gasteiger charge is -2.19. The van der Waals surface area contributed by atoms with Crippen LogP contribution in [0.25, 0.3) is 0 Å². The van der Waals surface area contributed by atoms with E-state index in [4.69, 9.17) is 16.3 Å². The van der Waals surface area contributed by atoms with Crippen LogP contribution in [-0.4, -0.2) is 19.1 Å². The Balaban J connectivity index is 1.65. The van der Waals surface area contributed by atoms with E-state index >= 15 is 0 Å². The van der Waals surface area contributed by atoms with Crippen LogP contribution in [-0.2, 0) is 16.6 Å². The first-order chi connectivity index (χ1) is 11.8. The number of hydrogen-bond donors (Lipinski definition) is 1. The number of carbonyl (C=O) groups is 1. The van der Waals surface area contributed by atoms with Crippen molar-refractivity contribution in [1.29, 1.82) is 0 Å². The van der Waals surface area contributed by atoms with Crippen LogP contribution in [0.2, 0.25) is 5.02 Å². The van der Waals surface area contributed by atoms with Crippen molar-refractivity contribution >= 4 is 17.5 Å². The zero-order chi connectivity index (χ0) is 18.3. The molecule has 25 heavy (non-hydrogen) atoms. The third-order valence-electron chi connectivity index (χ3n) is 3.97. The minimum absolute atomic E-state index is 0.000255. The summed E-state index contributed by atoms with van der Waals surface area (Å²) < 4.78 is 5.65. The number of ether oxygens (including phenoxy) is 1. The van der Waals surface area contributed by atoms with E-state index in [1.54, 1.807) is 0 Å². The summed E-state index contributed by atoms with van der Waals surface area (Å²) in [7, 11) is 0. The zero-order valence-corrected chi connectivity index (χ0v) is 15.9. The molecule has 4 heteroatoms. The van der Waals surface area contributed by atoms with Gasteiger partial charge >= 0.3 is 0 Å². The summed E-state index contributed by atoms with van der Waals surface area (Å²) in [6, 6.07) is 15.7. The molecule has 0 radical (unpaired) electrons. The van der Waals surface area contributed by atoms with Crippen molar-refractivity contribution in [3.8, 4) is 5.75 Å². The fraction of sp³-hybridized carbons (Fsp3) is 0.381. The standard InChI is InChI=1S/C21H26ClNO2/c1-21(2,3)17-6-10-19(11-7-17)25-15-13-20(24)23-14-12-16-4-8-18(22)9-5-16/h4-11H,12-15H2,1-3H3,(H,23,24). The number of benzene rings is 2. The van der Waals surface area contributed by atoms with Crippen LogP contribution in [0.4, 0.5) is 0 Å². The minimum Gasteiger partial charge on any atom is -0.493 e. The van der Waals surface area contributed by atoms with Crippen LogP contribution in [0.1, 0.15) is 38.3 Å². The average Bonchev–Trinajstić information content (AvgIpc) is 2.56. The van der Waals surface area contributed by atoms with Gasteiger partial charge in [-0.3, -0.25) is 4.79 Å². The van der Waals surface area contributed by atoms with Gasteiger partial charge in [-0.2, -0.15) is 0 Å². The molecule has 0 unspecified atom stereocenters. The SMILES string of the molecule is CC(C)(C)c1ccc(OCCC(=O)NCCc2ccc(Cl)cc2)cc1. The maximum absolute atomic E-state index is 11.9. The lowest BCUT2D eigenvalue weighted by atomic mass is 9.87. The molecule has 2 aromatic rings. The fourth-order valence-electron chi connectivity index (χ4n) is 2.40. The Morgan fingerprint density at radius 2 is 1.68 bits per heavy atom. The second kappa shape index (κ2) is 8.91. The van der Waals surface area contributed by atoms with Gasteiger partial charge in [0.05, 0.1) is 13.0 Å². The van der Waals surface area contributed by atoms with E-state index in [2.05, 4.69) is 38.2 Å². The molecule has 1 N–H and O–H groups in total. The van der Waals surface area contributed by atoms with Crippen molar-refractivity contribution in [2.45, 2.75) is 39.0 Å². The number of carbonyl (C=O) groups excluding carboxylic acids is 1. The fourth-order valence-corrected chi connectivity index (χ4v) is 2.52. The van der Waals surface area contributed by atoms with Crippen molar-refractivity contribution in [3.63, 3.8) is 0 Å². The first-order valence-electron chi connectivity index (χ1n) is 8.59. The summed E-state index contributed by atoms with van der Waals surface area (Å²) in [5.74, 6) is 0.794. The third kappa shape index (κ3) is 6.79. The number of nitrogens with one attached hydrogen (secondary N) is 1. The number of hydrogen-bond acceptors (Lipinski definition) is 2. The molecular weight excluding hydrogens is 334 g/mol. The molecule has 0 saturated carbocycles. The summed E-state index contributed by atoms with van der Waals surface area (Å²) >= 11 is 5.85. The van der Waals surface area contributed by atoms with E-state index in [1.165, 1.54) is 5.56 Å². The maximum atomic E-state index is 11.9. The van der Waals surface area contributed by atoms with E-state index < -0.39 is 0 Å². The minimum atomic E-state index is 0.000255. The molecule has 0 aliphatic heterocycles. The number of halogens is 1. The molecule has 0 aliphatic carbocycles. The van der Waals surface area contributed by atoms with Gasteiger partial charge in [-0.1, -0.05) is 56.6 Å². The number of amides is 1. The van der Waals surface area contributed by atoms with Gasteiger partial charge in [0, 0.05) is 11.6 Å². The Morgan fingerprint density at radius 3 is 2.28 bits per heavy atom. The molecule has 0 bridgehead atoms. The zero-order valence-electron chi connectivity index (χ0n) is 15.1. The van der Waals surface area contributed by atoms with Crippen LogP contribution in [0, 0.1) is 0 Å². The molecule has 3 nitrogen and oxygen atoms in total. The van der Waals surface area contributed by atoms with Gasteiger partial charge in [0.25, 0.3) is 0 Å². The summed E-state index contributed by atoms with van der Waals surface area (Å²) in [5.41, 5.74) is 2.54. The van der Waals surface area contributed by atoms with E-state index in [1.807, 2.05) is 36.4 Å². The van der Waals surface area contributed by atoms with E-state index in [9.17, 15) is 4.79 Å². The topological polar surface area (TPSA) is 38.3 Å². The Morgan fingerprint density at radius 1 is 1.04 bits per heavy atom. The van der Waals surface area contributed by atoms with Gasteiger partial charge in [0.15, 0.2) is 0 Å². The first kappa shape index (κ1) is 19.3. The van der Waals surface area contributed by atoms with Crippen molar-refractivity contribution in [2.24, 2.45) is 0 Å².